The smallest absolute Gasteiger partial charge is 0.338 e. The van der Waals surface area contributed by atoms with Crippen molar-refractivity contribution < 1.29 is 14.3 Å². The molecule has 4 nitrogen and oxygen atoms in total. The van der Waals surface area contributed by atoms with E-state index in [1.54, 1.807) is 19.1 Å². The lowest BCUT2D eigenvalue weighted by atomic mass is 9.99. The lowest BCUT2D eigenvalue weighted by molar-refractivity contribution is 0.0526. The Morgan fingerprint density at radius 2 is 2.44 bits per heavy atom. The molecule has 1 aromatic carbocycles. The summed E-state index contributed by atoms with van der Waals surface area (Å²) in [6.07, 6.45) is 0. The molecule has 4 heteroatoms. The van der Waals surface area contributed by atoms with E-state index in [2.05, 4.69) is 0 Å². The molecule has 1 heterocycles. The number of nitrogens with two attached hydrogens (primary N) is 1. The summed E-state index contributed by atoms with van der Waals surface area (Å²) >= 11 is 0. The SMILES string of the molecule is CCOC(=O)c1ccc2c(c1)C(CN)CO2. The molecule has 1 aromatic rings. The van der Waals surface area contributed by atoms with Crippen LogP contribution in [0.25, 0.3) is 0 Å². The van der Waals surface area contributed by atoms with Crippen LogP contribution in [0.4, 0.5) is 0 Å². The zero-order chi connectivity index (χ0) is 11.5. The molecule has 0 aliphatic carbocycles. The predicted octanol–water partition coefficient (Wildman–Crippen LogP) is 1.30. The van der Waals surface area contributed by atoms with Crippen LogP contribution in [-0.2, 0) is 4.74 Å². The fraction of sp³-hybridized carbons (Fsp3) is 0.417. The normalized spacial score (nSPS) is 17.8. The minimum absolute atomic E-state index is 0.185. The third-order valence-corrected chi connectivity index (χ3v) is 2.69. The Morgan fingerprint density at radius 1 is 1.62 bits per heavy atom. The average molecular weight is 221 g/mol. The van der Waals surface area contributed by atoms with Gasteiger partial charge in [0.2, 0.25) is 0 Å². The van der Waals surface area contributed by atoms with Crippen molar-refractivity contribution in [1.29, 1.82) is 0 Å². The van der Waals surface area contributed by atoms with Gasteiger partial charge in [-0.3, -0.25) is 0 Å². The maximum absolute atomic E-state index is 11.5. The second-order valence-electron chi connectivity index (χ2n) is 3.72. The standard InChI is InChI=1S/C12H15NO3/c1-2-15-12(14)8-3-4-11-10(5-8)9(6-13)7-16-11/h3-5,9H,2,6-7,13H2,1H3. The number of hydrogen-bond acceptors (Lipinski definition) is 4. The van der Waals surface area contributed by atoms with Crippen molar-refractivity contribution in [2.45, 2.75) is 12.8 Å². The summed E-state index contributed by atoms with van der Waals surface area (Å²) in [7, 11) is 0. The lowest BCUT2D eigenvalue weighted by Gasteiger charge is -2.06. The van der Waals surface area contributed by atoms with Crippen LogP contribution in [0.1, 0.15) is 28.8 Å². The Kier molecular flexibility index (Phi) is 3.10. The second-order valence-corrected chi connectivity index (χ2v) is 3.72. The molecule has 2 N–H and O–H groups in total. The maximum atomic E-state index is 11.5. The quantitative estimate of drug-likeness (QED) is 0.781. The van der Waals surface area contributed by atoms with Crippen molar-refractivity contribution in [3.8, 4) is 5.75 Å². The molecule has 0 fully saturated rings. The third kappa shape index (κ3) is 1.88. The van der Waals surface area contributed by atoms with E-state index >= 15 is 0 Å². The monoisotopic (exact) mass is 221 g/mol. The molecule has 1 aliphatic heterocycles. The van der Waals surface area contributed by atoms with Gasteiger partial charge in [0.05, 0.1) is 18.8 Å². The van der Waals surface area contributed by atoms with Crippen LogP contribution in [0.15, 0.2) is 18.2 Å². The minimum atomic E-state index is -0.298. The van der Waals surface area contributed by atoms with Gasteiger partial charge in [0.15, 0.2) is 0 Å². The van der Waals surface area contributed by atoms with Crippen molar-refractivity contribution in [3.05, 3.63) is 29.3 Å². The van der Waals surface area contributed by atoms with Gasteiger partial charge in [-0.05, 0) is 25.1 Å². The zero-order valence-electron chi connectivity index (χ0n) is 9.23. The number of fused-ring (bicyclic) bond motifs is 1. The van der Waals surface area contributed by atoms with Crippen molar-refractivity contribution in [2.24, 2.45) is 5.73 Å². The highest BCUT2D eigenvalue weighted by atomic mass is 16.5. The van der Waals surface area contributed by atoms with E-state index in [0.717, 1.165) is 11.3 Å². The van der Waals surface area contributed by atoms with Crippen LogP contribution in [0, 0.1) is 0 Å². The number of esters is 1. The van der Waals surface area contributed by atoms with E-state index in [1.165, 1.54) is 0 Å². The van der Waals surface area contributed by atoms with Crippen LogP contribution in [0.2, 0.25) is 0 Å². The maximum Gasteiger partial charge on any atom is 0.338 e. The Hall–Kier alpha value is -1.55. The van der Waals surface area contributed by atoms with Crippen LogP contribution in [0.5, 0.6) is 5.75 Å². The highest BCUT2D eigenvalue weighted by Crippen LogP contribution is 2.33. The van der Waals surface area contributed by atoms with Crippen molar-refractivity contribution in [2.75, 3.05) is 19.8 Å². The van der Waals surface area contributed by atoms with Crippen LogP contribution >= 0.6 is 0 Å². The number of carbonyl (C=O) groups is 1. The molecule has 0 aromatic heterocycles. The average Bonchev–Trinajstić information content (AvgIpc) is 2.71. The van der Waals surface area contributed by atoms with Gasteiger partial charge in [0.25, 0.3) is 0 Å². The summed E-state index contributed by atoms with van der Waals surface area (Å²) in [4.78, 5) is 11.5. The molecule has 2 rings (SSSR count). The van der Waals surface area contributed by atoms with Crippen LogP contribution < -0.4 is 10.5 Å². The topological polar surface area (TPSA) is 61.5 Å². The van der Waals surface area contributed by atoms with Gasteiger partial charge in [-0.15, -0.1) is 0 Å². The first-order chi connectivity index (χ1) is 7.76. The Bertz CT molecular complexity index is 403. The molecule has 86 valence electrons. The van der Waals surface area contributed by atoms with Gasteiger partial charge in [-0.2, -0.15) is 0 Å². The van der Waals surface area contributed by atoms with E-state index in [4.69, 9.17) is 15.2 Å². The van der Waals surface area contributed by atoms with Crippen LogP contribution in [-0.4, -0.2) is 25.7 Å². The summed E-state index contributed by atoms with van der Waals surface area (Å²) in [5.41, 5.74) is 7.20. The molecule has 0 amide bonds. The first-order valence-corrected chi connectivity index (χ1v) is 5.40. The lowest BCUT2D eigenvalue weighted by Crippen LogP contribution is -2.13. The second kappa shape index (κ2) is 4.53. The number of hydrogen-bond donors (Lipinski definition) is 1. The first kappa shape index (κ1) is 11.0. The van der Waals surface area contributed by atoms with Gasteiger partial charge in [0.1, 0.15) is 5.75 Å². The van der Waals surface area contributed by atoms with E-state index in [1.807, 2.05) is 6.07 Å². The molecule has 1 unspecified atom stereocenters. The number of benzene rings is 1. The first-order valence-electron chi connectivity index (χ1n) is 5.40. The summed E-state index contributed by atoms with van der Waals surface area (Å²) in [5.74, 6) is 0.709. The number of carbonyl (C=O) groups excluding carboxylic acids is 1. The molecule has 16 heavy (non-hydrogen) atoms. The number of rotatable bonds is 3. The van der Waals surface area contributed by atoms with Gasteiger partial charge in [-0.25, -0.2) is 4.79 Å². The van der Waals surface area contributed by atoms with Gasteiger partial charge in [-0.1, -0.05) is 0 Å². The summed E-state index contributed by atoms with van der Waals surface area (Å²) in [5, 5.41) is 0. The van der Waals surface area contributed by atoms with Gasteiger partial charge in [0, 0.05) is 18.0 Å². The molecule has 0 saturated heterocycles. The molecule has 0 bridgehead atoms. The van der Waals surface area contributed by atoms with Crippen molar-refractivity contribution in [1.82, 2.24) is 0 Å². The highest BCUT2D eigenvalue weighted by Gasteiger charge is 2.24. The van der Waals surface area contributed by atoms with E-state index in [0.29, 0.717) is 25.3 Å². The van der Waals surface area contributed by atoms with E-state index in [-0.39, 0.29) is 11.9 Å². The Morgan fingerprint density at radius 3 is 3.12 bits per heavy atom. The Balaban J connectivity index is 2.28. The third-order valence-electron chi connectivity index (χ3n) is 2.69. The largest absolute Gasteiger partial charge is 0.493 e. The fourth-order valence-corrected chi connectivity index (χ4v) is 1.82. The molecule has 0 spiro atoms. The highest BCUT2D eigenvalue weighted by molar-refractivity contribution is 5.90. The van der Waals surface area contributed by atoms with Crippen molar-refractivity contribution in [3.63, 3.8) is 0 Å². The zero-order valence-corrected chi connectivity index (χ0v) is 9.23. The molecule has 0 saturated carbocycles. The Labute approximate surface area is 94.3 Å². The number of ether oxygens (including phenoxy) is 2. The molecule has 0 radical (unpaired) electrons. The fourth-order valence-electron chi connectivity index (χ4n) is 1.82. The van der Waals surface area contributed by atoms with Gasteiger partial charge < -0.3 is 15.2 Å². The summed E-state index contributed by atoms with van der Waals surface area (Å²) < 4.78 is 10.4. The van der Waals surface area contributed by atoms with E-state index < -0.39 is 0 Å². The summed E-state index contributed by atoms with van der Waals surface area (Å²) in [6, 6.07) is 5.34. The molecule has 1 atom stereocenters. The molecular weight excluding hydrogens is 206 g/mol. The van der Waals surface area contributed by atoms with Gasteiger partial charge >= 0.3 is 5.97 Å². The molecule has 1 aliphatic rings. The van der Waals surface area contributed by atoms with Crippen LogP contribution in [0.3, 0.4) is 0 Å². The molecular formula is C12H15NO3. The summed E-state index contributed by atoms with van der Waals surface area (Å²) in [6.45, 7) is 3.29. The van der Waals surface area contributed by atoms with Crippen molar-refractivity contribution >= 4 is 5.97 Å². The van der Waals surface area contributed by atoms with E-state index in [9.17, 15) is 4.79 Å². The minimum Gasteiger partial charge on any atom is -0.493 e. The predicted molar refractivity (Wildman–Crippen MR) is 59.7 cm³/mol.